The van der Waals surface area contributed by atoms with Crippen LogP contribution in [0, 0.1) is 5.92 Å². The molecule has 1 atom stereocenters. The van der Waals surface area contributed by atoms with Crippen LogP contribution in [0.4, 0.5) is 0 Å². The van der Waals surface area contributed by atoms with Gasteiger partial charge in [-0.25, -0.2) is 0 Å². The highest BCUT2D eigenvalue weighted by atomic mass is 16.7. The number of hydrogen-bond donors (Lipinski definition) is 2. The fraction of sp³-hybridized carbons (Fsp3) is 0.909. The zero-order valence-corrected chi connectivity index (χ0v) is 10.7. The lowest BCUT2D eigenvalue weighted by Crippen LogP contribution is -2.46. The first-order chi connectivity index (χ1) is 7.52. The zero-order valence-electron chi connectivity index (χ0n) is 10.7. The third kappa shape index (κ3) is 6.05. The highest BCUT2D eigenvalue weighted by Crippen LogP contribution is 1.99. The van der Waals surface area contributed by atoms with Crippen LogP contribution in [0.1, 0.15) is 27.7 Å². The molecule has 0 bridgehead atoms. The van der Waals surface area contributed by atoms with Gasteiger partial charge in [0.1, 0.15) is 0 Å². The average Bonchev–Trinajstić information content (AvgIpc) is 2.24. The Labute approximate surface area is 97.7 Å². The molecule has 0 aromatic carbocycles. The first-order valence-corrected chi connectivity index (χ1v) is 5.79. The van der Waals surface area contributed by atoms with E-state index in [-0.39, 0.29) is 11.8 Å². The number of carbonyl (C=O) groups excluding carboxylic acids is 1. The third-order valence-corrected chi connectivity index (χ3v) is 2.17. The molecule has 0 rings (SSSR count). The fourth-order valence-corrected chi connectivity index (χ4v) is 1.14. The van der Waals surface area contributed by atoms with Crippen molar-refractivity contribution >= 4 is 5.91 Å². The van der Waals surface area contributed by atoms with Crippen LogP contribution in [0.15, 0.2) is 0 Å². The molecule has 0 spiro atoms. The van der Waals surface area contributed by atoms with Gasteiger partial charge in [0.25, 0.3) is 0 Å². The van der Waals surface area contributed by atoms with E-state index in [1.165, 1.54) is 0 Å². The number of rotatable bonds is 8. The first kappa shape index (κ1) is 15.3. The Morgan fingerprint density at radius 3 is 2.12 bits per heavy atom. The second kappa shape index (κ2) is 8.50. The molecule has 0 fully saturated rings. The van der Waals surface area contributed by atoms with Gasteiger partial charge in [-0.15, -0.1) is 0 Å². The normalized spacial score (nSPS) is 13.2. The summed E-state index contributed by atoms with van der Waals surface area (Å²) in [6.45, 7) is 9.02. The van der Waals surface area contributed by atoms with E-state index >= 15 is 0 Å². The number of nitrogens with one attached hydrogen (secondary N) is 1. The predicted octanol–water partition coefficient (Wildman–Crippen LogP) is 0.485. The van der Waals surface area contributed by atoms with Crippen LogP contribution in [-0.2, 0) is 14.3 Å². The SMILES string of the molecule is CCOC(CNC(=O)[C@@H](N)C(C)C)OCC. The Kier molecular flexibility index (Phi) is 8.15. The monoisotopic (exact) mass is 232 g/mol. The molecule has 5 nitrogen and oxygen atoms in total. The van der Waals surface area contributed by atoms with E-state index in [2.05, 4.69) is 5.32 Å². The summed E-state index contributed by atoms with van der Waals surface area (Å²) in [5.41, 5.74) is 5.70. The van der Waals surface area contributed by atoms with E-state index in [0.717, 1.165) is 0 Å². The quantitative estimate of drug-likeness (QED) is 0.597. The average molecular weight is 232 g/mol. The van der Waals surface area contributed by atoms with Gasteiger partial charge in [0.05, 0.1) is 12.6 Å². The van der Waals surface area contributed by atoms with Gasteiger partial charge in [-0.3, -0.25) is 4.79 Å². The lowest BCUT2D eigenvalue weighted by Gasteiger charge is -2.20. The molecular weight excluding hydrogens is 208 g/mol. The molecule has 0 aliphatic rings. The van der Waals surface area contributed by atoms with E-state index in [0.29, 0.717) is 19.8 Å². The first-order valence-electron chi connectivity index (χ1n) is 5.79. The maximum absolute atomic E-state index is 11.6. The molecule has 0 heterocycles. The maximum Gasteiger partial charge on any atom is 0.237 e. The molecule has 0 aliphatic carbocycles. The summed E-state index contributed by atoms with van der Waals surface area (Å²) in [7, 11) is 0. The molecule has 5 heteroatoms. The summed E-state index contributed by atoms with van der Waals surface area (Å²) in [6.07, 6.45) is -0.390. The molecule has 3 N–H and O–H groups in total. The van der Waals surface area contributed by atoms with Crippen molar-refractivity contribution in [1.82, 2.24) is 5.32 Å². The number of ether oxygens (including phenoxy) is 2. The van der Waals surface area contributed by atoms with Crippen LogP contribution in [0.3, 0.4) is 0 Å². The fourth-order valence-electron chi connectivity index (χ4n) is 1.14. The third-order valence-electron chi connectivity index (χ3n) is 2.17. The molecule has 16 heavy (non-hydrogen) atoms. The van der Waals surface area contributed by atoms with Crippen molar-refractivity contribution in [3.8, 4) is 0 Å². The van der Waals surface area contributed by atoms with Gasteiger partial charge >= 0.3 is 0 Å². The van der Waals surface area contributed by atoms with Gasteiger partial charge in [0.15, 0.2) is 6.29 Å². The zero-order chi connectivity index (χ0) is 12.6. The second-order valence-electron chi connectivity index (χ2n) is 3.86. The molecule has 96 valence electrons. The largest absolute Gasteiger partial charge is 0.351 e. The summed E-state index contributed by atoms with van der Waals surface area (Å²) in [5.74, 6) is -0.0444. The van der Waals surface area contributed by atoms with Gasteiger partial charge in [0, 0.05) is 13.2 Å². The van der Waals surface area contributed by atoms with Crippen LogP contribution in [-0.4, -0.2) is 38.0 Å². The lowest BCUT2D eigenvalue weighted by atomic mass is 10.1. The van der Waals surface area contributed by atoms with Crippen molar-refractivity contribution in [2.75, 3.05) is 19.8 Å². The molecule has 0 aromatic rings. The van der Waals surface area contributed by atoms with Gasteiger partial charge in [0.2, 0.25) is 5.91 Å². The highest BCUT2D eigenvalue weighted by Gasteiger charge is 2.18. The van der Waals surface area contributed by atoms with E-state index in [9.17, 15) is 4.79 Å². The van der Waals surface area contributed by atoms with Crippen LogP contribution in [0.25, 0.3) is 0 Å². The number of hydrogen-bond acceptors (Lipinski definition) is 4. The predicted molar refractivity (Wildman–Crippen MR) is 62.9 cm³/mol. The van der Waals surface area contributed by atoms with Crippen molar-refractivity contribution in [3.63, 3.8) is 0 Å². The van der Waals surface area contributed by atoms with Crippen molar-refractivity contribution < 1.29 is 14.3 Å². The van der Waals surface area contributed by atoms with Crippen LogP contribution in [0.5, 0.6) is 0 Å². The number of carbonyl (C=O) groups is 1. The molecule has 0 saturated carbocycles. The van der Waals surface area contributed by atoms with Crippen molar-refractivity contribution in [2.24, 2.45) is 11.7 Å². The van der Waals surface area contributed by atoms with Crippen molar-refractivity contribution in [2.45, 2.75) is 40.0 Å². The van der Waals surface area contributed by atoms with E-state index in [4.69, 9.17) is 15.2 Å². The summed E-state index contributed by atoms with van der Waals surface area (Å²) >= 11 is 0. The van der Waals surface area contributed by atoms with Crippen LogP contribution in [0.2, 0.25) is 0 Å². The molecular formula is C11H24N2O3. The van der Waals surface area contributed by atoms with Crippen LogP contribution < -0.4 is 11.1 Å². The van der Waals surface area contributed by atoms with Gasteiger partial charge in [-0.2, -0.15) is 0 Å². The molecule has 0 aliphatic heterocycles. The minimum Gasteiger partial charge on any atom is -0.351 e. The van der Waals surface area contributed by atoms with Crippen LogP contribution >= 0.6 is 0 Å². The Morgan fingerprint density at radius 2 is 1.75 bits per heavy atom. The number of amides is 1. The minimum absolute atomic E-state index is 0.123. The Bertz CT molecular complexity index is 192. The molecule has 0 saturated heterocycles. The molecule has 0 unspecified atom stereocenters. The second-order valence-corrected chi connectivity index (χ2v) is 3.86. The Balaban J connectivity index is 3.94. The summed E-state index contributed by atoms with van der Waals surface area (Å²) in [5, 5.41) is 2.72. The topological polar surface area (TPSA) is 73.6 Å². The number of nitrogens with two attached hydrogens (primary N) is 1. The van der Waals surface area contributed by atoms with Crippen molar-refractivity contribution in [1.29, 1.82) is 0 Å². The smallest absolute Gasteiger partial charge is 0.237 e. The summed E-state index contributed by atoms with van der Waals surface area (Å²) < 4.78 is 10.6. The standard InChI is InChI=1S/C11H24N2O3/c1-5-15-9(16-6-2)7-13-11(14)10(12)8(3)4/h8-10H,5-7,12H2,1-4H3,(H,13,14)/t10-/m0/s1. The lowest BCUT2D eigenvalue weighted by molar-refractivity contribution is -0.141. The Hall–Kier alpha value is -0.650. The molecule has 0 radical (unpaired) electrons. The van der Waals surface area contributed by atoms with E-state index < -0.39 is 12.3 Å². The summed E-state index contributed by atoms with van der Waals surface area (Å²) in [6, 6.07) is -0.482. The summed E-state index contributed by atoms with van der Waals surface area (Å²) in [4.78, 5) is 11.6. The van der Waals surface area contributed by atoms with Gasteiger partial charge < -0.3 is 20.5 Å². The van der Waals surface area contributed by atoms with E-state index in [1.807, 2.05) is 27.7 Å². The minimum atomic E-state index is -0.482. The van der Waals surface area contributed by atoms with Gasteiger partial charge in [-0.1, -0.05) is 13.8 Å². The van der Waals surface area contributed by atoms with E-state index in [1.54, 1.807) is 0 Å². The molecule has 1 amide bonds. The molecule has 0 aromatic heterocycles. The maximum atomic E-state index is 11.6. The highest BCUT2D eigenvalue weighted by molar-refractivity contribution is 5.81. The van der Waals surface area contributed by atoms with Crippen molar-refractivity contribution in [3.05, 3.63) is 0 Å². The Morgan fingerprint density at radius 1 is 1.25 bits per heavy atom. The van der Waals surface area contributed by atoms with Gasteiger partial charge in [-0.05, 0) is 19.8 Å².